The highest BCUT2D eigenvalue weighted by molar-refractivity contribution is 7.09. The Bertz CT molecular complexity index is 1100. The monoisotopic (exact) mass is 454 g/mol. The Morgan fingerprint density at radius 1 is 1.16 bits per heavy atom. The molecule has 1 N–H and O–H groups in total. The summed E-state index contributed by atoms with van der Waals surface area (Å²) in [6.45, 7) is 2.17. The van der Waals surface area contributed by atoms with Crippen molar-refractivity contribution in [2.24, 2.45) is 5.92 Å². The summed E-state index contributed by atoms with van der Waals surface area (Å²) in [5, 5.41) is 3.88. The number of hydrogen-bond donors (Lipinski definition) is 1. The van der Waals surface area contributed by atoms with Crippen LogP contribution in [0.3, 0.4) is 0 Å². The van der Waals surface area contributed by atoms with E-state index in [-0.39, 0.29) is 24.4 Å². The van der Waals surface area contributed by atoms with Gasteiger partial charge in [-0.25, -0.2) is 9.37 Å². The maximum atomic E-state index is 13.1. The van der Waals surface area contributed by atoms with E-state index >= 15 is 0 Å². The van der Waals surface area contributed by atoms with Crippen molar-refractivity contribution in [3.8, 4) is 11.5 Å². The van der Waals surface area contributed by atoms with Crippen molar-refractivity contribution < 1.29 is 18.7 Å². The van der Waals surface area contributed by atoms with E-state index in [0.29, 0.717) is 31.1 Å². The molecule has 3 heterocycles. The summed E-state index contributed by atoms with van der Waals surface area (Å²) in [4.78, 5) is 19.6. The van der Waals surface area contributed by atoms with E-state index in [1.165, 1.54) is 23.7 Å². The summed E-state index contributed by atoms with van der Waals surface area (Å²) >= 11 is 1.35. The maximum absolute atomic E-state index is 13.1. The molecule has 2 aliphatic heterocycles. The van der Waals surface area contributed by atoms with E-state index in [0.717, 1.165) is 41.4 Å². The molecule has 166 valence electrons. The SMILES string of the molecule is O=C(NCc1ccc2c(c1)OCO2)C1CCCN(c2nc(Cc3ccc(F)cc3)ns2)C1. The second kappa shape index (κ2) is 9.12. The number of fused-ring (bicyclic) bond motifs is 1. The zero-order valence-corrected chi connectivity index (χ0v) is 18.2. The molecule has 1 aromatic heterocycles. The Labute approximate surface area is 189 Å². The highest BCUT2D eigenvalue weighted by Gasteiger charge is 2.27. The van der Waals surface area contributed by atoms with Gasteiger partial charge in [0.25, 0.3) is 0 Å². The zero-order valence-electron chi connectivity index (χ0n) is 17.4. The number of carbonyl (C=O) groups excluding carboxylic acids is 1. The third-order valence-corrected chi connectivity index (χ3v) is 6.51. The smallest absolute Gasteiger partial charge is 0.231 e. The van der Waals surface area contributed by atoms with Gasteiger partial charge in [0.15, 0.2) is 11.5 Å². The molecule has 0 radical (unpaired) electrons. The molecule has 1 amide bonds. The topological polar surface area (TPSA) is 76.6 Å². The molecule has 0 aliphatic carbocycles. The van der Waals surface area contributed by atoms with E-state index in [9.17, 15) is 9.18 Å². The minimum atomic E-state index is -0.253. The molecule has 3 aromatic rings. The molecule has 1 saturated heterocycles. The minimum absolute atomic E-state index is 0.0448. The number of anilines is 1. The normalized spacial score (nSPS) is 17.4. The van der Waals surface area contributed by atoms with Crippen LogP contribution in [0.1, 0.15) is 29.8 Å². The molecule has 2 aliphatic rings. The lowest BCUT2D eigenvalue weighted by Crippen LogP contribution is -2.43. The number of rotatable bonds is 6. The van der Waals surface area contributed by atoms with Gasteiger partial charge in [-0.1, -0.05) is 18.2 Å². The van der Waals surface area contributed by atoms with Gasteiger partial charge in [-0.05, 0) is 48.2 Å². The first kappa shape index (κ1) is 20.7. The molecule has 1 fully saturated rings. The summed E-state index contributed by atoms with van der Waals surface area (Å²) in [5.74, 6) is 1.86. The Balaban J connectivity index is 1.16. The molecular formula is C23H23FN4O3S. The highest BCUT2D eigenvalue weighted by atomic mass is 32.1. The van der Waals surface area contributed by atoms with Crippen LogP contribution in [0, 0.1) is 11.7 Å². The van der Waals surface area contributed by atoms with Crippen molar-refractivity contribution in [2.45, 2.75) is 25.8 Å². The third kappa shape index (κ3) is 4.67. The Hall–Kier alpha value is -3.20. The molecule has 0 saturated carbocycles. The van der Waals surface area contributed by atoms with Gasteiger partial charge in [-0.3, -0.25) is 4.79 Å². The summed E-state index contributed by atoms with van der Waals surface area (Å²) in [5.41, 5.74) is 1.94. The van der Waals surface area contributed by atoms with Crippen LogP contribution in [0.4, 0.5) is 9.52 Å². The number of halogens is 1. The van der Waals surface area contributed by atoms with Crippen LogP contribution in [0.2, 0.25) is 0 Å². The standard InChI is InChI=1S/C23H23FN4O3S/c24-18-6-3-15(4-7-18)11-21-26-23(32-27-21)28-9-1-2-17(13-28)22(29)25-12-16-5-8-19-20(10-16)31-14-30-19/h3-8,10,17H,1-2,9,11-14H2,(H,25,29). The number of carbonyl (C=O) groups is 1. The number of ether oxygens (including phenoxy) is 2. The molecule has 9 heteroatoms. The predicted molar refractivity (Wildman–Crippen MR) is 118 cm³/mol. The van der Waals surface area contributed by atoms with Gasteiger partial charge < -0.3 is 19.7 Å². The van der Waals surface area contributed by atoms with Crippen molar-refractivity contribution in [3.63, 3.8) is 0 Å². The second-order valence-electron chi connectivity index (χ2n) is 7.99. The van der Waals surface area contributed by atoms with Crippen molar-refractivity contribution in [1.29, 1.82) is 0 Å². The molecule has 0 bridgehead atoms. The summed E-state index contributed by atoms with van der Waals surface area (Å²) in [6, 6.07) is 12.1. The Kier molecular flexibility index (Phi) is 5.89. The summed E-state index contributed by atoms with van der Waals surface area (Å²) < 4.78 is 28.3. The Morgan fingerprint density at radius 2 is 1.97 bits per heavy atom. The lowest BCUT2D eigenvalue weighted by atomic mass is 9.97. The first-order valence-corrected chi connectivity index (χ1v) is 11.4. The molecule has 7 nitrogen and oxygen atoms in total. The quantitative estimate of drug-likeness (QED) is 0.614. The van der Waals surface area contributed by atoms with Crippen LogP contribution < -0.4 is 19.7 Å². The lowest BCUT2D eigenvalue weighted by Gasteiger charge is -2.31. The number of benzene rings is 2. The van der Waals surface area contributed by atoms with Crippen LogP contribution in [0.25, 0.3) is 0 Å². The average molecular weight is 455 g/mol. The van der Waals surface area contributed by atoms with E-state index in [1.54, 1.807) is 12.1 Å². The van der Waals surface area contributed by atoms with Crippen molar-refractivity contribution in [2.75, 3.05) is 24.8 Å². The first-order chi connectivity index (χ1) is 15.6. The number of amides is 1. The zero-order chi connectivity index (χ0) is 21.9. The summed E-state index contributed by atoms with van der Waals surface area (Å²) in [6.07, 6.45) is 2.34. The van der Waals surface area contributed by atoms with E-state index in [4.69, 9.17) is 9.47 Å². The average Bonchev–Trinajstić information content (AvgIpc) is 3.48. The van der Waals surface area contributed by atoms with Crippen LogP contribution in [0.15, 0.2) is 42.5 Å². The highest BCUT2D eigenvalue weighted by Crippen LogP contribution is 2.32. The van der Waals surface area contributed by atoms with Crippen molar-refractivity contribution in [3.05, 3.63) is 65.2 Å². The second-order valence-corrected chi connectivity index (χ2v) is 8.72. The van der Waals surface area contributed by atoms with Crippen LogP contribution in [-0.4, -0.2) is 35.1 Å². The molecular weight excluding hydrogens is 431 g/mol. The number of aromatic nitrogens is 2. The van der Waals surface area contributed by atoms with Gasteiger partial charge in [-0.2, -0.15) is 4.37 Å². The van der Waals surface area contributed by atoms with Crippen LogP contribution in [0.5, 0.6) is 11.5 Å². The summed E-state index contributed by atoms with van der Waals surface area (Å²) in [7, 11) is 0. The maximum Gasteiger partial charge on any atom is 0.231 e. The fourth-order valence-electron chi connectivity index (χ4n) is 3.98. The van der Waals surface area contributed by atoms with Gasteiger partial charge in [-0.15, -0.1) is 0 Å². The lowest BCUT2D eigenvalue weighted by molar-refractivity contribution is -0.125. The van der Waals surface area contributed by atoms with E-state index in [2.05, 4.69) is 19.6 Å². The fourth-order valence-corrected chi connectivity index (χ4v) is 4.70. The van der Waals surface area contributed by atoms with Crippen LogP contribution >= 0.6 is 11.5 Å². The van der Waals surface area contributed by atoms with Crippen molar-refractivity contribution >= 4 is 22.6 Å². The molecule has 1 atom stereocenters. The molecule has 1 unspecified atom stereocenters. The fraction of sp³-hybridized carbons (Fsp3) is 0.348. The molecule has 32 heavy (non-hydrogen) atoms. The van der Waals surface area contributed by atoms with Gasteiger partial charge >= 0.3 is 0 Å². The minimum Gasteiger partial charge on any atom is -0.454 e. The third-order valence-electron chi connectivity index (χ3n) is 5.70. The van der Waals surface area contributed by atoms with Crippen LogP contribution in [-0.2, 0) is 17.8 Å². The largest absolute Gasteiger partial charge is 0.454 e. The number of hydrogen-bond acceptors (Lipinski definition) is 7. The molecule has 5 rings (SSSR count). The van der Waals surface area contributed by atoms with E-state index in [1.807, 2.05) is 18.2 Å². The molecule has 0 spiro atoms. The number of nitrogens with zero attached hydrogens (tertiary/aromatic N) is 3. The first-order valence-electron chi connectivity index (χ1n) is 10.6. The predicted octanol–water partition coefficient (Wildman–Crippen LogP) is 3.53. The van der Waals surface area contributed by atoms with Crippen molar-refractivity contribution in [1.82, 2.24) is 14.7 Å². The number of piperidine rings is 1. The van der Waals surface area contributed by atoms with E-state index < -0.39 is 0 Å². The van der Waals surface area contributed by atoms with Gasteiger partial charge in [0, 0.05) is 37.6 Å². The van der Waals surface area contributed by atoms with Gasteiger partial charge in [0.1, 0.15) is 11.6 Å². The molecule has 2 aromatic carbocycles. The Morgan fingerprint density at radius 3 is 2.84 bits per heavy atom. The van der Waals surface area contributed by atoms with Gasteiger partial charge in [0.2, 0.25) is 17.8 Å². The van der Waals surface area contributed by atoms with Gasteiger partial charge in [0.05, 0.1) is 5.92 Å². The number of nitrogens with one attached hydrogen (secondary N) is 1.